The molecule has 0 aromatic heterocycles. The highest BCUT2D eigenvalue weighted by Gasteiger charge is 2.56. The van der Waals surface area contributed by atoms with Crippen molar-refractivity contribution in [3.05, 3.63) is 0 Å². The molecule has 2 N–H and O–H groups in total. The lowest BCUT2D eigenvalue weighted by Crippen LogP contribution is -2.47. The van der Waals surface area contributed by atoms with Crippen LogP contribution >= 0.6 is 0 Å². The second-order valence-electron chi connectivity index (χ2n) is 7.59. The molecule has 0 aromatic carbocycles. The summed E-state index contributed by atoms with van der Waals surface area (Å²) in [6.45, 7) is 7.88. The van der Waals surface area contributed by atoms with Gasteiger partial charge in [0, 0.05) is 6.04 Å². The Kier molecular flexibility index (Phi) is 5.32. The molecule has 23 heavy (non-hydrogen) atoms. The smallest absolute Gasteiger partial charge is 0.325 e. The van der Waals surface area contributed by atoms with Gasteiger partial charge in [-0.2, -0.15) is 0 Å². The van der Waals surface area contributed by atoms with Gasteiger partial charge < -0.3 is 10.6 Å². The predicted octanol–water partition coefficient (Wildman–Crippen LogP) is 2.04. The van der Waals surface area contributed by atoms with E-state index >= 15 is 0 Å². The number of amides is 4. The third-order valence-electron chi connectivity index (χ3n) is 4.82. The second kappa shape index (κ2) is 6.89. The van der Waals surface area contributed by atoms with Crippen LogP contribution in [0.5, 0.6) is 0 Å². The van der Waals surface area contributed by atoms with Crippen LogP contribution in [0.1, 0.15) is 59.8 Å². The summed E-state index contributed by atoms with van der Waals surface area (Å²) >= 11 is 0. The molecule has 2 unspecified atom stereocenters. The molecule has 2 aliphatic rings. The van der Waals surface area contributed by atoms with Gasteiger partial charge in [0.05, 0.1) is 0 Å². The molecule has 0 spiro atoms. The fourth-order valence-corrected chi connectivity index (χ4v) is 3.17. The number of hydrogen-bond acceptors (Lipinski definition) is 3. The molecule has 4 amide bonds. The van der Waals surface area contributed by atoms with Gasteiger partial charge in [-0.1, -0.05) is 26.7 Å². The molecule has 0 radical (unpaired) electrons. The van der Waals surface area contributed by atoms with E-state index in [0.29, 0.717) is 5.92 Å². The van der Waals surface area contributed by atoms with Crippen molar-refractivity contribution in [2.24, 2.45) is 11.8 Å². The van der Waals surface area contributed by atoms with Crippen LogP contribution in [-0.4, -0.2) is 40.9 Å². The Hall–Kier alpha value is -1.59. The van der Waals surface area contributed by atoms with Gasteiger partial charge in [0.25, 0.3) is 5.91 Å². The summed E-state index contributed by atoms with van der Waals surface area (Å²) in [7, 11) is 0. The number of rotatable bonds is 8. The van der Waals surface area contributed by atoms with E-state index in [2.05, 4.69) is 24.5 Å². The van der Waals surface area contributed by atoms with E-state index in [1.165, 1.54) is 0 Å². The molecule has 6 heteroatoms. The molecule has 2 fully saturated rings. The van der Waals surface area contributed by atoms with Gasteiger partial charge in [0.2, 0.25) is 5.91 Å². The Morgan fingerprint density at radius 2 is 1.96 bits per heavy atom. The van der Waals surface area contributed by atoms with Crippen LogP contribution in [0.3, 0.4) is 0 Å². The molecule has 1 saturated carbocycles. The van der Waals surface area contributed by atoms with Crippen molar-refractivity contribution in [2.45, 2.75) is 71.4 Å². The average molecular weight is 323 g/mol. The monoisotopic (exact) mass is 323 g/mol. The fraction of sp³-hybridized carbons (Fsp3) is 0.824. The molecule has 1 saturated heterocycles. The van der Waals surface area contributed by atoms with E-state index in [0.717, 1.165) is 37.0 Å². The van der Waals surface area contributed by atoms with Crippen LogP contribution in [-0.2, 0) is 9.59 Å². The van der Waals surface area contributed by atoms with Crippen LogP contribution in [0.4, 0.5) is 4.79 Å². The zero-order chi connectivity index (χ0) is 17.2. The van der Waals surface area contributed by atoms with E-state index in [9.17, 15) is 14.4 Å². The predicted molar refractivity (Wildman–Crippen MR) is 87.7 cm³/mol. The third kappa shape index (κ3) is 4.24. The molecular formula is C17H29N3O3. The molecular weight excluding hydrogens is 294 g/mol. The lowest BCUT2D eigenvalue weighted by atomic mass is 9.96. The Labute approximate surface area is 138 Å². The van der Waals surface area contributed by atoms with Gasteiger partial charge >= 0.3 is 6.03 Å². The summed E-state index contributed by atoms with van der Waals surface area (Å²) in [5, 5.41) is 5.64. The van der Waals surface area contributed by atoms with Crippen LogP contribution < -0.4 is 10.6 Å². The van der Waals surface area contributed by atoms with Crippen molar-refractivity contribution in [1.29, 1.82) is 0 Å². The highest BCUT2D eigenvalue weighted by molar-refractivity contribution is 6.09. The van der Waals surface area contributed by atoms with Crippen molar-refractivity contribution < 1.29 is 14.4 Å². The summed E-state index contributed by atoms with van der Waals surface area (Å²) in [6.07, 6.45) is 5.00. The summed E-state index contributed by atoms with van der Waals surface area (Å²) in [4.78, 5) is 37.6. The first kappa shape index (κ1) is 17.8. The van der Waals surface area contributed by atoms with E-state index in [1.807, 2.05) is 6.92 Å². The van der Waals surface area contributed by atoms with Crippen molar-refractivity contribution in [1.82, 2.24) is 15.5 Å². The van der Waals surface area contributed by atoms with E-state index in [4.69, 9.17) is 0 Å². The van der Waals surface area contributed by atoms with Crippen molar-refractivity contribution in [3.8, 4) is 0 Å². The fourth-order valence-electron chi connectivity index (χ4n) is 3.17. The first-order chi connectivity index (χ1) is 10.7. The van der Waals surface area contributed by atoms with Crippen molar-refractivity contribution in [2.75, 3.05) is 6.54 Å². The Morgan fingerprint density at radius 1 is 1.30 bits per heavy atom. The number of carbonyl (C=O) groups excluding carboxylic acids is 3. The van der Waals surface area contributed by atoms with Gasteiger partial charge in [0.1, 0.15) is 12.1 Å². The number of nitrogens with one attached hydrogen (secondary N) is 2. The summed E-state index contributed by atoms with van der Waals surface area (Å²) in [6, 6.07) is -0.399. The maximum atomic E-state index is 12.4. The van der Waals surface area contributed by atoms with Gasteiger partial charge in [-0.3, -0.25) is 14.5 Å². The summed E-state index contributed by atoms with van der Waals surface area (Å²) < 4.78 is 0. The van der Waals surface area contributed by atoms with Gasteiger partial charge in [0.15, 0.2) is 0 Å². The molecule has 2 rings (SSSR count). The third-order valence-corrected chi connectivity index (χ3v) is 4.82. The van der Waals surface area contributed by atoms with E-state index in [1.54, 1.807) is 6.92 Å². The zero-order valence-electron chi connectivity index (χ0n) is 14.6. The van der Waals surface area contributed by atoms with Crippen LogP contribution in [0.2, 0.25) is 0 Å². The normalized spacial score (nSPS) is 25.7. The second-order valence-corrected chi connectivity index (χ2v) is 7.59. The minimum Gasteiger partial charge on any atom is -0.352 e. The largest absolute Gasteiger partial charge is 0.352 e. The molecule has 6 nitrogen and oxygen atoms in total. The first-order valence-electron chi connectivity index (χ1n) is 8.67. The van der Waals surface area contributed by atoms with Crippen molar-refractivity contribution >= 4 is 17.8 Å². The molecule has 1 aliphatic carbocycles. The number of urea groups is 1. The topological polar surface area (TPSA) is 78.5 Å². The van der Waals surface area contributed by atoms with Crippen LogP contribution in [0.15, 0.2) is 0 Å². The Bertz CT molecular complexity index is 487. The van der Waals surface area contributed by atoms with Gasteiger partial charge in [-0.15, -0.1) is 0 Å². The number of imide groups is 1. The molecule has 2 atom stereocenters. The number of hydrogen-bond donors (Lipinski definition) is 2. The SMILES string of the molecule is CC(C)CCCC(C)NC(=O)CN1C(=O)NC(C)(C2CC2)C1=O. The molecule has 1 aliphatic heterocycles. The molecule has 0 bridgehead atoms. The molecule has 0 aromatic rings. The van der Waals surface area contributed by atoms with Crippen molar-refractivity contribution in [3.63, 3.8) is 0 Å². The minimum atomic E-state index is -0.819. The van der Waals surface area contributed by atoms with Crippen LogP contribution in [0, 0.1) is 11.8 Å². The zero-order valence-corrected chi connectivity index (χ0v) is 14.6. The lowest BCUT2D eigenvalue weighted by molar-refractivity contribution is -0.135. The molecule has 1 heterocycles. The minimum absolute atomic E-state index is 0.0526. The van der Waals surface area contributed by atoms with Crippen LogP contribution in [0.25, 0.3) is 0 Å². The quantitative estimate of drug-likeness (QED) is 0.671. The number of nitrogens with zero attached hydrogens (tertiary/aromatic N) is 1. The first-order valence-corrected chi connectivity index (χ1v) is 8.67. The Balaban J connectivity index is 1.80. The lowest BCUT2D eigenvalue weighted by Gasteiger charge is -2.21. The van der Waals surface area contributed by atoms with Gasteiger partial charge in [-0.25, -0.2) is 4.79 Å². The highest BCUT2D eigenvalue weighted by Crippen LogP contribution is 2.42. The Morgan fingerprint density at radius 3 is 2.52 bits per heavy atom. The van der Waals surface area contributed by atoms with E-state index < -0.39 is 11.6 Å². The summed E-state index contributed by atoms with van der Waals surface area (Å²) in [5.41, 5.74) is -0.819. The summed E-state index contributed by atoms with van der Waals surface area (Å²) in [5.74, 6) is 0.323. The maximum absolute atomic E-state index is 12.4. The van der Waals surface area contributed by atoms with E-state index in [-0.39, 0.29) is 30.3 Å². The average Bonchev–Trinajstić information content (AvgIpc) is 3.25. The standard InChI is InChI=1S/C17H29N3O3/c1-11(2)6-5-7-12(3)18-14(21)10-20-15(22)17(4,13-8-9-13)19-16(20)23/h11-13H,5-10H2,1-4H3,(H,18,21)(H,19,23). The number of carbonyl (C=O) groups is 3. The molecule has 130 valence electrons. The maximum Gasteiger partial charge on any atom is 0.325 e. The van der Waals surface area contributed by atoms with Gasteiger partial charge in [-0.05, 0) is 44.9 Å². The highest BCUT2D eigenvalue weighted by atomic mass is 16.2.